The predicted octanol–water partition coefficient (Wildman–Crippen LogP) is -1.55. The molecule has 0 aliphatic carbocycles. The zero-order valence-electron chi connectivity index (χ0n) is 10.8. The van der Waals surface area contributed by atoms with Gasteiger partial charge in [0.15, 0.2) is 17.7 Å². The van der Waals surface area contributed by atoms with Crippen molar-refractivity contribution in [3.63, 3.8) is 0 Å². The van der Waals surface area contributed by atoms with E-state index in [-0.39, 0.29) is 6.61 Å². The number of hydrogen-bond donors (Lipinski definition) is 4. The Morgan fingerprint density at radius 2 is 2.25 bits per heavy atom. The summed E-state index contributed by atoms with van der Waals surface area (Å²) in [4.78, 5) is 12.4. The Morgan fingerprint density at radius 3 is 2.90 bits per heavy atom. The minimum atomic E-state index is -0.947. The molecular weight excluding hydrogens is 264 g/mol. The fourth-order valence-corrected chi connectivity index (χ4v) is 2.38. The molecule has 0 saturated carbocycles. The molecule has 0 bridgehead atoms. The highest BCUT2D eigenvalue weighted by molar-refractivity contribution is 5.82. The molecule has 1 fully saturated rings. The van der Waals surface area contributed by atoms with Gasteiger partial charge in [-0.3, -0.25) is 4.57 Å². The van der Waals surface area contributed by atoms with Crippen molar-refractivity contribution in [3.05, 3.63) is 12.7 Å². The second-order valence-electron chi connectivity index (χ2n) is 4.61. The Bertz CT molecular complexity index is 617. The maximum absolute atomic E-state index is 10.1. The summed E-state index contributed by atoms with van der Waals surface area (Å²) in [6.45, 7) is -0.252. The number of aliphatic hydroxyl groups excluding tert-OH is 2. The van der Waals surface area contributed by atoms with E-state index >= 15 is 0 Å². The van der Waals surface area contributed by atoms with E-state index in [9.17, 15) is 10.2 Å². The number of imidazole rings is 1. The van der Waals surface area contributed by atoms with Crippen LogP contribution < -0.4 is 11.1 Å². The number of ether oxygens (including phenoxy) is 1. The van der Waals surface area contributed by atoms with E-state index < -0.39 is 24.5 Å². The molecular formula is C11H16N6O3. The smallest absolute Gasteiger partial charge is 0.167 e. The van der Waals surface area contributed by atoms with E-state index in [4.69, 9.17) is 10.5 Å². The summed E-state index contributed by atoms with van der Waals surface area (Å²) in [7, 11) is 1.74. The van der Waals surface area contributed by atoms with Crippen LogP contribution in [0.15, 0.2) is 12.7 Å². The first-order chi connectivity index (χ1) is 9.67. The van der Waals surface area contributed by atoms with Crippen molar-refractivity contribution < 1.29 is 14.9 Å². The van der Waals surface area contributed by atoms with Gasteiger partial charge in [-0.15, -0.1) is 0 Å². The number of rotatable bonds is 3. The molecule has 1 aliphatic rings. The van der Waals surface area contributed by atoms with E-state index in [0.717, 1.165) is 0 Å². The molecule has 0 spiro atoms. The first-order valence-electron chi connectivity index (χ1n) is 6.22. The first-order valence-corrected chi connectivity index (χ1v) is 6.22. The van der Waals surface area contributed by atoms with Crippen molar-refractivity contribution in [2.75, 3.05) is 19.0 Å². The van der Waals surface area contributed by atoms with Crippen LogP contribution in [0, 0.1) is 0 Å². The summed E-state index contributed by atoms with van der Waals surface area (Å²) in [5, 5.41) is 22.3. The Labute approximate surface area is 114 Å². The minimum Gasteiger partial charge on any atom is -0.394 e. The molecule has 0 amide bonds. The normalized spacial score (nSPS) is 30.0. The van der Waals surface area contributed by atoms with E-state index in [0.29, 0.717) is 17.0 Å². The zero-order valence-corrected chi connectivity index (χ0v) is 10.8. The highest BCUT2D eigenvalue weighted by Crippen LogP contribution is 2.31. The lowest BCUT2D eigenvalue weighted by molar-refractivity contribution is -0.0488. The molecule has 3 heterocycles. The number of nitrogens with one attached hydrogen (secondary N) is 1. The third-order valence-corrected chi connectivity index (χ3v) is 3.48. The average Bonchev–Trinajstić information content (AvgIpc) is 3.01. The molecule has 9 heteroatoms. The van der Waals surface area contributed by atoms with Gasteiger partial charge in [-0.05, 0) is 0 Å². The van der Waals surface area contributed by atoms with Crippen molar-refractivity contribution in [2.24, 2.45) is 5.73 Å². The molecule has 0 radical (unpaired) electrons. The summed E-state index contributed by atoms with van der Waals surface area (Å²) in [6, 6.07) is -0.659. The highest BCUT2D eigenvalue weighted by atomic mass is 16.5. The fraction of sp³-hybridized carbons (Fsp3) is 0.545. The van der Waals surface area contributed by atoms with E-state index in [1.807, 2.05) is 0 Å². The molecule has 2 aromatic heterocycles. The number of aromatic nitrogens is 4. The molecule has 108 valence electrons. The van der Waals surface area contributed by atoms with Crippen LogP contribution in [0.5, 0.6) is 0 Å². The lowest BCUT2D eigenvalue weighted by atomic mass is 10.1. The lowest BCUT2D eigenvalue weighted by Gasteiger charge is -2.16. The Hall–Kier alpha value is -1.81. The summed E-state index contributed by atoms with van der Waals surface area (Å²) >= 11 is 0. The molecule has 0 aromatic carbocycles. The molecule has 1 aliphatic heterocycles. The van der Waals surface area contributed by atoms with Crippen LogP contribution in [-0.4, -0.2) is 61.6 Å². The monoisotopic (exact) mass is 280 g/mol. The molecule has 2 aromatic rings. The summed E-state index contributed by atoms with van der Waals surface area (Å²) in [6.07, 6.45) is 0.625. The minimum absolute atomic E-state index is 0.252. The second-order valence-corrected chi connectivity index (χ2v) is 4.61. The number of aliphatic hydroxyl groups is 2. The van der Waals surface area contributed by atoms with Crippen molar-refractivity contribution in [3.8, 4) is 0 Å². The molecule has 4 unspecified atom stereocenters. The number of anilines is 1. The zero-order chi connectivity index (χ0) is 14.3. The quantitative estimate of drug-likeness (QED) is 0.531. The Balaban J connectivity index is 2.03. The van der Waals surface area contributed by atoms with Gasteiger partial charge in [0.25, 0.3) is 0 Å². The van der Waals surface area contributed by atoms with Crippen LogP contribution in [0.2, 0.25) is 0 Å². The van der Waals surface area contributed by atoms with Gasteiger partial charge in [-0.2, -0.15) is 0 Å². The van der Waals surface area contributed by atoms with E-state index in [1.54, 1.807) is 11.6 Å². The number of nitrogens with zero attached hydrogens (tertiary/aromatic N) is 4. The van der Waals surface area contributed by atoms with Gasteiger partial charge in [0, 0.05) is 7.05 Å². The van der Waals surface area contributed by atoms with Crippen molar-refractivity contribution in [1.82, 2.24) is 19.5 Å². The highest BCUT2D eigenvalue weighted by Gasteiger charge is 2.42. The van der Waals surface area contributed by atoms with Crippen LogP contribution in [0.3, 0.4) is 0 Å². The number of nitrogens with two attached hydrogens (primary N) is 1. The van der Waals surface area contributed by atoms with Gasteiger partial charge in [-0.1, -0.05) is 0 Å². The standard InChI is InChI=1S/C11H16N6O3/c1-13-9-7-10(15-3-14-9)17(4-16-7)11-8(19)6(12)5(2-18)20-11/h3-6,8,11,18-19H,2,12H2,1H3,(H,13,14,15). The molecule has 5 N–H and O–H groups in total. The van der Waals surface area contributed by atoms with Gasteiger partial charge in [0.05, 0.1) is 19.0 Å². The van der Waals surface area contributed by atoms with Crippen LogP contribution in [0.1, 0.15) is 6.23 Å². The summed E-state index contributed by atoms with van der Waals surface area (Å²) < 4.78 is 7.17. The largest absolute Gasteiger partial charge is 0.394 e. The number of hydrogen-bond acceptors (Lipinski definition) is 8. The third kappa shape index (κ3) is 1.83. The van der Waals surface area contributed by atoms with Crippen LogP contribution in [0.25, 0.3) is 11.2 Å². The van der Waals surface area contributed by atoms with E-state index in [1.165, 1.54) is 12.7 Å². The van der Waals surface area contributed by atoms with Gasteiger partial charge < -0.3 is 26.0 Å². The van der Waals surface area contributed by atoms with Crippen LogP contribution >= 0.6 is 0 Å². The molecule has 20 heavy (non-hydrogen) atoms. The molecule has 3 rings (SSSR count). The summed E-state index contributed by atoms with van der Waals surface area (Å²) in [5.41, 5.74) is 6.92. The number of fused-ring (bicyclic) bond motifs is 1. The van der Waals surface area contributed by atoms with Gasteiger partial charge in [0.2, 0.25) is 0 Å². The maximum Gasteiger partial charge on any atom is 0.167 e. The molecule has 4 atom stereocenters. The van der Waals surface area contributed by atoms with Crippen LogP contribution in [-0.2, 0) is 4.74 Å². The van der Waals surface area contributed by atoms with Crippen molar-refractivity contribution in [1.29, 1.82) is 0 Å². The Morgan fingerprint density at radius 1 is 1.45 bits per heavy atom. The average molecular weight is 280 g/mol. The fourth-order valence-electron chi connectivity index (χ4n) is 2.38. The first kappa shape index (κ1) is 13.2. The lowest BCUT2D eigenvalue weighted by Crippen LogP contribution is -2.41. The summed E-state index contributed by atoms with van der Waals surface area (Å²) in [5.74, 6) is 0.587. The van der Waals surface area contributed by atoms with Gasteiger partial charge in [-0.25, -0.2) is 15.0 Å². The van der Waals surface area contributed by atoms with Gasteiger partial charge in [0.1, 0.15) is 24.1 Å². The van der Waals surface area contributed by atoms with E-state index in [2.05, 4.69) is 20.3 Å². The topological polar surface area (TPSA) is 131 Å². The SMILES string of the molecule is CNc1ncnc2c1ncn2C1OC(CO)C(N)C1O. The van der Waals surface area contributed by atoms with Crippen molar-refractivity contribution >= 4 is 17.0 Å². The van der Waals surface area contributed by atoms with Crippen molar-refractivity contribution in [2.45, 2.75) is 24.5 Å². The second kappa shape index (κ2) is 4.94. The third-order valence-electron chi connectivity index (χ3n) is 3.48. The van der Waals surface area contributed by atoms with Crippen LogP contribution in [0.4, 0.5) is 5.82 Å². The molecule has 9 nitrogen and oxygen atoms in total. The van der Waals surface area contributed by atoms with Gasteiger partial charge >= 0.3 is 0 Å². The molecule has 1 saturated heterocycles. The predicted molar refractivity (Wildman–Crippen MR) is 69.8 cm³/mol. The maximum atomic E-state index is 10.1. The Kier molecular flexibility index (Phi) is 3.26.